The van der Waals surface area contributed by atoms with E-state index in [1.54, 1.807) is 36.4 Å². The first-order valence-corrected chi connectivity index (χ1v) is 14.2. The number of likely N-dealkylation sites (tertiary alicyclic amines) is 1. The van der Waals surface area contributed by atoms with Crippen molar-refractivity contribution in [2.24, 2.45) is 0 Å². The standard InChI is InChI=1S/C29H27ClN4O3S/c1-18-11-19(2)13-24(12-18)38(36,37)28-25-14-22(30)7-8-26(25)33-27(28)29(35)32-23-9-10-34(17-23)16-21-6-4-3-5-20(21)15-31/h3-8,11-14,23,33H,9-10,16-17H2,1-2H3,(H,32,35)/t23-/m1/s1. The molecule has 1 amide bonds. The van der Waals surface area contributed by atoms with Gasteiger partial charge in [-0.15, -0.1) is 0 Å². The molecule has 1 fully saturated rings. The fraction of sp³-hybridized carbons (Fsp3) is 0.241. The average molecular weight is 547 g/mol. The maximum absolute atomic E-state index is 13.9. The number of hydrogen-bond donors (Lipinski definition) is 2. The summed E-state index contributed by atoms with van der Waals surface area (Å²) in [6, 6.07) is 19.6. The lowest BCUT2D eigenvalue weighted by molar-refractivity contribution is 0.0930. The fourth-order valence-electron chi connectivity index (χ4n) is 5.14. The Hall–Kier alpha value is -3.64. The first-order valence-electron chi connectivity index (χ1n) is 12.3. The van der Waals surface area contributed by atoms with Gasteiger partial charge in [0.05, 0.1) is 16.5 Å². The van der Waals surface area contributed by atoms with E-state index < -0.39 is 15.7 Å². The Morgan fingerprint density at radius 3 is 2.61 bits per heavy atom. The molecule has 0 saturated carbocycles. The van der Waals surface area contributed by atoms with Gasteiger partial charge < -0.3 is 10.3 Å². The van der Waals surface area contributed by atoms with Crippen LogP contribution in [0.15, 0.2) is 70.5 Å². The highest BCUT2D eigenvalue weighted by atomic mass is 35.5. The molecule has 2 heterocycles. The molecule has 2 N–H and O–H groups in total. The van der Waals surface area contributed by atoms with Crippen molar-refractivity contribution < 1.29 is 13.2 Å². The molecule has 0 unspecified atom stereocenters. The Morgan fingerprint density at radius 1 is 1.13 bits per heavy atom. The fourth-order valence-corrected chi connectivity index (χ4v) is 7.10. The molecule has 0 bridgehead atoms. The number of amides is 1. The molecule has 1 atom stereocenters. The van der Waals surface area contributed by atoms with Crippen LogP contribution in [-0.2, 0) is 16.4 Å². The maximum Gasteiger partial charge on any atom is 0.269 e. The number of benzene rings is 3. The van der Waals surface area contributed by atoms with Crippen molar-refractivity contribution in [2.75, 3.05) is 13.1 Å². The molecular formula is C29H27ClN4O3S. The molecule has 194 valence electrons. The minimum Gasteiger partial charge on any atom is -0.349 e. The zero-order valence-corrected chi connectivity index (χ0v) is 22.7. The zero-order valence-electron chi connectivity index (χ0n) is 21.1. The molecule has 1 saturated heterocycles. The van der Waals surface area contributed by atoms with Crippen molar-refractivity contribution in [1.82, 2.24) is 15.2 Å². The highest BCUT2D eigenvalue weighted by molar-refractivity contribution is 7.91. The van der Waals surface area contributed by atoms with Crippen LogP contribution in [0.25, 0.3) is 10.9 Å². The molecule has 0 aliphatic carbocycles. The molecule has 9 heteroatoms. The number of nitrogens with one attached hydrogen (secondary N) is 2. The number of aromatic amines is 1. The molecule has 1 aliphatic heterocycles. The van der Waals surface area contributed by atoms with Gasteiger partial charge in [0.25, 0.3) is 5.91 Å². The van der Waals surface area contributed by atoms with E-state index in [-0.39, 0.29) is 21.5 Å². The van der Waals surface area contributed by atoms with E-state index >= 15 is 0 Å². The minimum absolute atomic E-state index is 0.00491. The molecule has 0 radical (unpaired) electrons. The lowest BCUT2D eigenvalue weighted by Crippen LogP contribution is -2.37. The van der Waals surface area contributed by atoms with Crippen molar-refractivity contribution in [3.05, 3.63) is 93.6 Å². The zero-order chi connectivity index (χ0) is 27.0. The van der Waals surface area contributed by atoms with Crippen LogP contribution in [-0.4, -0.2) is 43.3 Å². The van der Waals surface area contributed by atoms with Crippen LogP contribution in [0, 0.1) is 25.2 Å². The van der Waals surface area contributed by atoms with E-state index in [9.17, 15) is 18.5 Å². The van der Waals surface area contributed by atoms with Crippen molar-refractivity contribution in [3.8, 4) is 6.07 Å². The number of H-pyrrole nitrogens is 1. The van der Waals surface area contributed by atoms with E-state index in [4.69, 9.17) is 11.6 Å². The van der Waals surface area contributed by atoms with Gasteiger partial charge in [0, 0.05) is 41.6 Å². The van der Waals surface area contributed by atoms with E-state index in [1.165, 1.54) is 0 Å². The van der Waals surface area contributed by atoms with E-state index in [0.29, 0.717) is 41.0 Å². The van der Waals surface area contributed by atoms with Crippen molar-refractivity contribution >= 4 is 38.2 Å². The number of hydrogen-bond acceptors (Lipinski definition) is 5. The van der Waals surface area contributed by atoms with Crippen molar-refractivity contribution in [2.45, 2.75) is 42.6 Å². The van der Waals surface area contributed by atoms with Crippen LogP contribution in [0.2, 0.25) is 5.02 Å². The third-order valence-corrected chi connectivity index (χ3v) is 8.91. The molecular weight excluding hydrogens is 520 g/mol. The summed E-state index contributed by atoms with van der Waals surface area (Å²) in [5.41, 5.74) is 3.72. The van der Waals surface area contributed by atoms with Crippen LogP contribution >= 0.6 is 11.6 Å². The predicted octanol–water partition coefficient (Wildman–Crippen LogP) is 5.15. The molecule has 1 aliphatic rings. The third kappa shape index (κ3) is 5.05. The number of nitrogens with zero attached hydrogens (tertiary/aromatic N) is 2. The summed E-state index contributed by atoms with van der Waals surface area (Å²) in [6.45, 7) is 5.63. The van der Waals surface area contributed by atoms with Crippen LogP contribution < -0.4 is 5.32 Å². The first kappa shape index (κ1) is 26.0. The molecule has 5 rings (SSSR count). The number of aromatic nitrogens is 1. The molecule has 0 spiro atoms. The smallest absolute Gasteiger partial charge is 0.269 e. The number of aryl methyl sites for hydroxylation is 2. The second-order valence-corrected chi connectivity index (χ2v) is 12.1. The third-order valence-electron chi connectivity index (χ3n) is 6.85. The number of halogens is 1. The highest BCUT2D eigenvalue weighted by Crippen LogP contribution is 2.34. The largest absolute Gasteiger partial charge is 0.349 e. The van der Waals surface area contributed by atoms with Gasteiger partial charge in [-0.1, -0.05) is 35.9 Å². The molecule has 1 aromatic heterocycles. The number of carbonyl (C=O) groups excluding carboxylic acids is 1. The van der Waals surface area contributed by atoms with Gasteiger partial charge in [-0.3, -0.25) is 9.69 Å². The Morgan fingerprint density at radius 2 is 1.87 bits per heavy atom. The van der Waals surface area contributed by atoms with Crippen LogP contribution in [0.5, 0.6) is 0 Å². The normalized spacial score (nSPS) is 16.0. The number of rotatable bonds is 6. The molecule has 3 aromatic carbocycles. The Kier molecular flexibility index (Phi) is 7.01. The Bertz CT molecular complexity index is 1680. The predicted molar refractivity (Wildman–Crippen MR) is 147 cm³/mol. The lowest BCUT2D eigenvalue weighted by Gasteiger charge is -2.17. The molecule has 7 nitrogen and oxygen atoms in total. The second-order valence-electron chi connectivity index (χ2n) is 9.81. The number of fused-ring (bicyclic) bond motifs is 1. The van der Waals surface area contributed by atoms with Crippen LogP contribution in [0.3, 0.4) is 0 Å². The second kappa shape index (κ2) is 10.3. The van der Waals surface area contributed by atoms with Gasteiger partial charge in [0.1, 0.15) is 10.6 Å². The number of sulfone groups is 1. The highest BCUT2D eigenvalue weighted by Gasteiger charge is 2.32. The topological polar surface area (TPSA) is 106 Å². The van der Waals surface area contributed by atoms with E-state index in [0.717, 1.165) is 23.2 Å². The summed E-state index contributed by atoms with van der Waals surface area (Å²) in [4.78, 5) is 18.8. The summed E-state index contributed by atoms with van der Waals surface area (Å²) >= 11 is 6.23. The molecule has 38 heavy (non-hydrogen) atoms. The van der Waals surface area contributed by atoms with Crippen molar-refractivity contribution in [1.29, 1.82) is 5.26 Å². The van der Waals surface area contributed by atoms with Gasteiger partial charge in [0.2, 0.25) is 9.84 Å². The van der Waals surface area contributed by atoms with Gasteiger partial charge in [0.15, 0.2) is 0 Å². The summed E-state index contributed by atoms with van der Waals surface area (Å²) in [6.07, 6.45) is 0.714. The van der Waals surface area contributed by atoms with Gasteiger partial charge >= 0.3 is 0 Å². The first-order chi connectivity index (χ1) is 18.2. The SMILES string of the molecule is Cc1cc(C)cc(S(=O)(=O)c2c(C(=O)N[C@@H]3CCN(Cc4ccccc4C#N)C3)[nH]c3ccc(Cl)cc23)c1. The van der Waals surface area contributed by atoms with E-state index in [1.807, 2.05) is 38.1 Å². The van der Waals surface area contributed by atoms with Gasteiger partial charge in [-0.2, -0.15) is 5.26 Å². The van der Waals surface area contributed by atoms with E-state index in [2.05, 4.69) is 21.3 Å². The summed E-state index contributed by atoms with van der Waals surface area (Å²) in [5.74, 6) is -0.482. The minimum atomic E-state index is -4.04. The Labute approximate surface area is 227 Å². The Balaban J connectivity index is 1.44. The summed E-state index contributed by atoms with van der Waals surface area (Å²) < 4.78 is 27.9. The van der Waals surface area contributed by atoms with Crippen LogP contribution in [0.4, 0.5) is 0 Å². The quantitative estimate of drug-likeness (QED) is 0.348. The van der Waals surface area contributed by atoms with Crippen molar-refractivity contribution in [3.63, 3.8) is 0 Å². The monoisotopic (exact) mass is 546 g/mol. The van der Waals surface area contributed by atoms with Gasteiger partial charge in [-0.05, 0) is 73.4 Å². The number of carbonyl (C=O) groups is 1. The summed E-state index contributed by atoms with van der Waals surface area (Å²) in [7, 11) is -4.04. The lowest BCUT2D eigenvalue weighted by atomic mass is 10.1. The van der Waals surface area contributed by atoms with Gasteiger partial charge in [-0.25, -0.2) is 8.42 Å². The van der Waals surface area contributed by atoms with Crippen LogP contribution in [0.1, 0.15) is 39.2 Å². The molecule has 4 aromatic rings. The summed E-state index contributed by atoms with van der Waals surface area (Å²) in [5, 5.41) is 13.2. The number of nitriles is 1. The average Bonchev–Trinajstić information content (AvgIpc) is 3.48. The maximum atomic E-state index is 13.9.